The van der Waals surface area contributed by atoms with Crippen LogP contribution in [0, 0.1) is 6.92 Å². The zero-order valence-electron chi connectivity index (χ0n) is 9.97. The van der Waals surface area contributed by atoms with E-state index in [9.17, 15) is 4.79 Å². The Morgan fingerprint density at radius 1 is 1.21 bits per heavy atom. The molecule has 1 aliphatic rings. The maximum Gasteiger partial charge on any atom is 0.275 e. The zero-order chi connectivity index (χ0) is 13.6. The van der Waals surface area contributed by atoms with Gasteiger partial charge in [-0.3, -0.25) is 4.79 Å². The molecule has 0 N–H and O–H groups in total. The smallest absolute Gasteiger partial charge is 0.270 e. The fourth-order valence-corrected chi connectivity index (χ4v) is 2.54. The van der Waals surface area contributed by atoms with Gasteiger partial charge in [0.15, 0.2) is 0 Å². The van der Waals surface area contributed by atoms with Crippen LogP contribution in [0.15, 0.2) is 36.7 Å². The lowest BCUT2D eigenvalue weighted by Crippen LogP contribution is -2.30. The van der Waals surface area contributed by atoms with Crippen molar-refractivity contribution in [3.63, 3.8) is 0 Å². The van der Waals surface area contributed by atoms with Gasteiger partial charge in [-0.2, -0.15) is 0 Å². The molecular formula is C13H9Cl2N3O. The van der Waals surface area contributed by atoms with Gasteiger partial charge in [-0.15, -0.1) is 0 Å². The molecule has 0 saturated heterocycles. The second-order valence-electron chi connectivity index (χ2n) is 4.28. The van der Waals surface area contributed by atoms with E-state index >= 15 is 0 Å². The Morgan fingerprint density at radius 2 is 1.89 bits per heavy atom. The molecule has 0 fully saturated rings. The topological polar surface area (TPSA) is 46.1 Å². The molecule has 1 aliphatic heterocycles. The molecule has 1 amide bonds. The first-order chi connectivity index (χ1) is 9.01. The van der Waals surface area contributed by atoms with Crippen LogP contribution in [0.3, 0.4) is 0 Å². The Balaban J connectivity index is 2.22. The Kier molecular flexibility index (Phi) is 2.73. The van der Waals surface area contributed by atoms with Crippen LogP contribution in [-0.2, 0) is 9.13 Å². The van der Waals surface area contributed by atoms with Crippen LogP contribution in [0.25, 0.3) is 0 Å². The molecule has 1 aromatic heterocycles. The first-order valence-electron chi connectivity index (χ1n) is 5.62. The molecule has 0 aliphatic carbocycles. The maximum atomic E-state index is 12.4. The quantitative estimate of drug-likeness (QED) is 0.759. The van der Waals surface area contributed by atoms with Gasteiger partial charge in [0.25, 0.3) is 5.91 Å². The number of carbonyl (C=O) groups excluding carboxylic acids is 1. The lowest BCUT2D eigenvalue weighted by molar-refractivity contribution is -0.118. The summed E-state index contributed by atoms with van der Waals surface area (Å²) >= 11 is 12.4. The number of hydrogen-bond donors (Lipinski definition) is 0. The average molecular weight is 294 g/mol. The van der Waals surface area contributed by atoms with Crippen LogP contribution in [0.2, 0.25) is 0 Å². The number of halogens is 2. The number of alkyl halides is 2. The number of benzene rings is 1. The lowest BCUT2D eigenvalue weighted by Gasteiger charge is -2.15. The highest BCUT2D eigenvalue weighted by Crippen LogP contribution is 2.49. The normalized spacial score (nSPS) is 16.6. The predicted molar refractivity (Wildman–Crippen MR) is 73.7 cm³/mol. The third kappa shape index (κ3) is 1.79. The second-order valence-corrected chi connectivity index (χ2v) is 5.61. The Labute approximate surface area is 120 Å². The summed E-state index contributed by atoms with van der Waals surface area (Å²) in [5.41, 5.74) is 2.16. The van der Waals surface area contributed by atoms with Crippen molar-refractivity contribution < 1.29 is 4.79 Å². The minimum atomic E-state index is -1.60. The molecule has 0 radical (unpaired) electrons. The highest BCUT2D eigenvalue weighted by Gasteiger charge is 2.50. The van der Waals surface area contributed by atoms with Crippen LogP contribution in [-0.4, -0.2) is 15.9 Å². The van der Waals surface area contributed by atoms with E-state index in [4.69, 9.17) is 23.2 Å². The number of rotatable bonds is 1. The highest BCUT2D eigenvalue weighted by atomic mass is 35.5. The fraction of sp³-hybridized carbons (Fsp3) is 0.154. The molecule has 4 nitrogen and oxygen atoms in total. The van der Waals surface area contributed by atoms with Crippen LogP contribution < -0.4 is 4.90 Å². The number of amides is 1. The number of hydrogen-bond acceptors (Lipinski definition) is 3. The molecule has 0 bridgehead atoms. The van der Waals surface area contributed by atoms with Crippen molar-refractivity contribution in [2.75, 3.05) is 4.90 Å². The largest absolute Gasteiger partial charge is 0.275 e. The number of aromatic nitrogens is 2. The van der Waals surface area contributed by atoms with Gasteiger partial charge in [-0.25, -0.2) is 14.9 Å². The summed E-state index contributed by atoms with van der Waals surface area (Å²) < 4.78 is -1.60. The predicted octanol–water partition coefficient (Wildman–Crippen LogP) is 3.09. The maximum absolute atomic E-state index is 12.4. The molecular weight excluding hydrogens is 285 g/mol. The summed E-state index contributed by atoms with van der Waals surface area (Å²) in [7, 11) is 0. The lowest BCUT2D eigenvalue weighted by atomic mass is 10.1. The fourth-order valence-electron chi connectivity index (χ4n) is 2.07. The first kappa shape index (κ1) is 12.4. The van der Waals surface area contributed by atoms with E-state index in [1.807, 2.05) is 13.0 Å². The minimum absolute atomic E-state index is 0.265. The van der Waals surface area contributed by atoms with Crippen LogP contribution in [0.5, 0.6) is 0 Å². The van der Waals surface area contributed by atoms with E-state index in [1.54, 1.807) is 30.6 Å². The summed E-state index contributed by atoms with van der Waals surface area (Å²) in [6.07, 6.45) is 3.12. The monoisotopic (exact) mass is 293 g/mol. The van der Waals surface area contributed by atoms with Gasteiger partial charge in [0, 0.05) is 18.0 Å². The Bertz CT molecular complexity index is 658. The number of nitrogens with zero attached hydrogens (tertiary/aromatic N) is 3. The van der Waals surface area contributed by atoms with Crippen LogP contribution >= 0.6 is 23.2 Å². The standard InChI is InChI=1S/C13H9Cl2N3O/c1-8-3-4-10-9(7-8)13(14,15)11(19)18(10)12-16-5-2-6-17-12/h2-7H,1H3. The van der Waals surface area contributed by atoms with Crippen molar-refractivity contribution in [1.29, 1.82) is 0 Å². The highest BCUT2D eigenvalue weighted by molar-refractivity contribution is 6.60. The van der Waals surface area contributed by atoms with Gasteiger partial charge in [-0.05, 0) is 19.1 Å². The molecule has 2 aromatic rings. The van der Waals surface area contributed by atoms with Crippen molar-refractivity contribution in [1.82, 2.24) is 9.97 Å². The van der Waals surface area contributed by atoms with Gasteiger partial charge >= 0.3 is 0 Å². The number of anilines is 2. The van der Waals surface area contributed by atoms with Crippen molar-refractivity contribution in [3.8, 4) is 0 Å². The average Bonchev–Trinajstić information content (AvgIpc) is 2.59. The van der Waals surface area contributed by atoms with E-state index in [0.29, 0.717) is 11.3 Å². The van der Waals surface area contributed by atoms with Gasteiger partial charge in [0.1, 0.15) is 0 Å². The molecule has 2 heterocycles. The Morgan fingerprint density at radius 3 is 2.58 bits per heavy atom. The molecule has 3 rings (SSSR count). The van der Waals surface area contributed by atoms with Crippen LogP contribution in [0.1, 0.15) is 11.1 Å². The molecule has 0 unspecified atom stereocenters. The summed E-state index contributed by atoms with van der Waals surface area (Å²) in [6.45, 7) is 1.91. The summed E-state index contributed by atoms with van der Waals surface area (Å²) in [6, 6.07) is 7.16. The van der Waals surface area contributed by atoms with E-state index in [-0.39, 0.29) is 5.95 Å². The zero-order valence-corrected chi connectivity index (χ0v) is 11.5. The molecule has 0 spiro atoms. The van der Waals surface area contributed by atoms with E-state index < -0.39 is 10.2 Å². The van der Waals surface area contributed by atoms with Crippen LogP contribution in [0.4, 0.5) is 11.6 Å². The molecule has 19 heavy (non-hydrogen) atoms. The van der Waals surface area contributed by atoms with Crippen molar-refractivity contribution in [2.24, 2.45) is 0 Å². The number of aryl methyl sites for hydroxylation is 1. The SMILES string of the molecule is Cc1ccc2c(c1)C(Cl)(Cl)C(=O)N2c1ncccn1. The Hall–Kier alpha value is -1.65. The van der Waals surface area contributed by atoms with E-state index in [1.165, 1.54) is 4.90 Å². The first-order valence-corrected chi connectivity index (χ1v) is 6.38. The summed E-state index contributed by atoms with van der Waals surface area (Å²) in [5, 5.41) is 0. The summed E-state index contributed by atoms with van der Waals surface area (Å²) in [5.74, 6) is -0.191. The second kappa shape index (κ2) is 4.18. The number of fused-ring (bicyclic) bond motifs is 1. The minimum Gasteiger partial charge on any atom is -0.270 e. The van der Waals surface area contributed by atoms with E-state index in [0.717, 1.165) is 5.56 Å². The summed E-state index contributed by atoms with van der Waals surface area (Å²) in [4.78, 5) is 21.9. The van der Waals surface area contributed by atoms with Crippen molar-refractivity contribution in [2.45, 2.75) is 11.3 Å². The van der Waals surface area contributed by atoms with Gasteiger partial charge < -0.3 is 0 Å². The molecule has 96 valence electrons. The van der Waals surface area contributed by atoms with Gasteiger partial charge in [-0.1, -0.05) is 40.9 Å². The third-order valence-corrected chi connectivity index (χ3v) is 3.69. The van der Waals surface area contributed by atoms with E-state index in [2.05, 4.69) is 9.97 Å². The molecule has 1 aromatic carbocycles. The van der Waals surface area contributed by atoms with Gasteiger partial charge in [0.05, 0.1) is 5.69 Å². The molecule has 0 atom stereocenters. The third-order valence-electron chi connectivity index (χ3n) is 2.96. The van der Waals surface area contributed by atoms with Crippen molar-refractivity contribution in [3.05, 3.63) is 47.8 Å². The van der Waals surface area contributed by atoms with Crippen molar-refractivity contribution >= 4 is 40.7 Å². The molecule has 6 heteroatoms. The van der Waals surface area contributed by atoms with Gasteiger partial charge in [0.2, 0.25) is 10.3 Å². The number of carbonyl (C=O) groups is 1. The molecule has 0 saturated carbocycles.